The van der Waals surface area contributed by atoms with E-state index in [1.807, 2.05) is 31.2 Å². The van der Waals surface area contributed by atoms with E-state index in [2.05, 4.69) is 20.1 Å². The Balaban J connectivity index is 1.44. The molecule has 0 aliphatic rings. The van der Waals surface area contributed by atoms with Crippen LogP contribution in [0.25, 0.3) is 11.3 Å². The van der Waals surface area contributed by atoms with Gasteiger partial charge in [-0.3, -0.25) is 14.3 Å². The van der Waals surface area contributed by atoms with Crippen molar-refractivity contribution in [1.82, 2.24) is 14.8 Å². The highest BCUT2D eigenvalue weighted by molar-refractivity contribution is 7.93. The van der Waals surface area contributed by atoms with Gasteiger partial charge < -0.3 is 5.32 Å². The fourth-order valence-corrected chi connectivity index (χ4v) is 4.73. The molecule has 0 aliphatic carbocycles. The molecule has 0 bridgehead atoms. The molecule has 2 N–H and O–H groups in total. The second kappa shape index (κ2) is 9.35. The highest BCUT2D eigenvalue weighted by Crippen LogP contribution is 2.20. The molecular weight excluding hydrogens is 462 g/mol. The molecule has 9 nitrogen and oxygen atoms in total. The van der Waals surface area contributed by atoms with Gasteiger partial charge in [0.05, 0.1) is 10.6 Å². The van der Waals surface area contributed by atoms with Crippen LogP contribution in [0.5, 0.6) is 0 Å². The average molecular weight is 482 g/mol. The number of hydrogen-bond acceptors (Lipinski definition) is 7. The van der Waals surface area contributed by atoms with Gasteiger partial charge >= 0.3 is 0 Å². The number of carbonyl (C=O) groups is 1. The van der Waals surface area contributed by atoms with Crippen LogP contribution in [0.4, 0.5) is 10.8 Å². The van der Waals surface area contributed by atoms with E-state index in [0.717, 1.165) is 15.8 Å². The van der Waals surface area contributed by atoms with Crippen molar-refractivity contribution < 1.29 is 13.2 Å². The molecule has 4 aromatic rings. The molecule has 0 aliphatic heterocycles. The number of benzene rings is 2. The van der Waals surface area contributed by atoms with Crippen molar-refractivity contribution in [3.05, 3.63) is 88.2 Å². The van der Waals surface area contributed by atoms with Crippen LogP contribution in [-0.4, -0.2) is 29.1 Å². The molecule has 0 saturated heterocycles. The minimum atomic E-state index is -3.79. The van der Waals surface area contributed by atoms with Crippen molar-refractivity contribution in [2.45, 2.75) is 18.4 Å². The molecule has 33 heavy (non-hydrogen) atoms. The lowest BCUT2D eigenvalue weighted by atomic mass is 10.1. The molecule has 1 amide bonds. The van der Waals surface area contributed by atoms with E-state index in [1.54, 1.807) is 11.4 Å². The molecule has 0 unspecified atom stereocenters. The van der Waals surface area contributed by atoms with Crippen LogP contribution < -0.4 is 15.6 Å². The third kappa shape index (κ3) is 5.51. The summed E-state index contributed by atoms with van der Waals surface area (Å²) in [4.78, 5) is 28.6. The minimum absolute atomic E-state index is 0.0272. The molecule has 0 atom stereocenters. The van der Waals surface area contributed by atoms with Crippen LogP contribution in [0.15, 0.2) is 81.9 Å². The van der Waals surface area contributed by atoms with Crippen LogP contribution in [0, 0.1) is 6.92 Å². The lowest BCUT2D eigenvalue weighted by Gasteiger charge is -2.10. The van der Waals surface area contributed by atoms with Crippen molar-refractivity contribution >= 4 is 38.1 Å². The maximum Gasteiger partial charge on any atom is 0.267 e. The Kier molecular flexibility index (Phi) is 6.33. The number of amides is 1. The van der Waals surface area contributed by atoms with Gasteiger partial charge in [-0.25, -0.2) is 18.1 Å². The number of aryl methyl sites for hydroxylation is 1. The Labute approximate surface area is 193 Å². The minimum Gasteiger partial charge on any atom is -0.324 e. The Morgan fingerprint density at radius 3 is 2.42 bits per heavy atom. The third-order valence-corrected chi connectivity index (χ3v) is 6.78. The first-order valence-corrected chi connectivity index (χ1v) is 12.1. The highest BCUT2D eigenvalue weighted by atomic mass is 32.2. The Hall–Kier alpha value is -3.83. The standard InChI is InChI=1S/C22H19N5O4S2/c1-15-2-4-16(5-3-15)19-10-11-21(29)27(25-19)14-20(28)24-17-6-8-18(9-7-17)33(30,31)26-22-23-12-13-32-22/h2-13H,14H2,1H3,(H,23,26)(H,24,28). The monoisotopic (exact) mass is 481 g/mol. The number of anilines is 2. The van der Waals surface area contributed by atoms with E-state index < -0.39 is 21.5 Å². The van der Waals surface area contributed by atoms with Gasteiger partial charge in [0.1, 0.15) is 6.54 Å². The van der Waals surface area contributed by atoms with E-state index in [1.165, 1.54) is 47.9 Å². The van der Waals surface area contributed by atoms with Gasteiger partial charge in [0.25, 0.3) is 15.6 Å². The maximum absolute atomic E-state index is 12.5. The average Bonchev–Trinajstić information content (AvgIpc) is 3.28. The zero-order valence-corrected chi connectivity index (χ0v) is 19.1. The van der Waals surface area contributed by atoms with Crippen LogP contribution >= 0.6 is 11.3 Å². The fraction of sp³-hybridized carbons (Fsp3) is 0.0909. The Morgan fingerprint density at radius 1 is 1.03 bits per heavy atom. The van der Waals surface area contributed by atoms with Crippen LogP contribution in [0.1, 0.15) is 5.56 Å². The first-order valence-electron chi connectivity index (χ1n) is 9.78. The van der Waals surface area contributed by atoms with Gasteiger partial charge in [-0.15, -0.1) is 11.3 Å². The summed E-state index contributed by atoms with van der Waals surface area (Å²) >= 11 is 1.17. The predicted molar refractivity (Wildman–Crippen MR) is 127 cm³/mol. The number of thiazole rings is 1. The quantitative estimate of drug-likeness (QED) is 0.418. The molecule has 11 heteroatoms. The van der Waals surface area contributed by atoms with E-state index in [-0.39, 0.29) is 16.6 Å². The SMILES string of the molecule is Cc1ccc(-c2ccc(=O)n(CC(=O)Nc3ccc(S(=O)(=O)Nc4nccs4)cc3)n2)cc1. The van der Waals surface area contributed by atoms with E-state index in [9.17, 15) is 18.0 Å². The molecule has 168 valence electrons. The largest absolute Gasteiger partial charge is 0.324 e. The van der Waals surface area contributed by atoms with Gasteiger partial charge in [0.2, 0.25) is 5.91 Å². The summed E-state index contributed by atoms with van der Waals surface area (Å²) in [6.45, 7) is 1.69. The summed E-state index contributed by atoms with van der Waals surface area (Å²) < 4.78 is 28.3. The predicted octanol–water partition coefficient (Wildman–Crippen LogP) is 3.11. The third-order valence-electron chi connectivity index (χ3n) is 4.61. The first kappa shape index (κ1) is 22.4. The smallest absolute Gasteiger partial charge is 0.267 e. The zero-order chi connectivity index (χ0) is 23.4. The molecule has 2 aromatic carbocycles. The van der Waals surface area contributed by atoms with Crippen LogP contribution in [0.3, 0.4) is 0 Å². The summed E-state index contributed by atoms with van der Waals surface area (Å²) in [7, 11) is -3.79. The first-order chi connectivity index (χ1) is 15.8. The summed E-state index contributed by atoms with van der Waals surface area (Å²) in [5.74, 6) is -0.470. The lowest BCUT2D eigenvalue weighted by molar-refractivity contribution is -0.117. The number of aromatic nitrogens is 3. The summed E-state index contributed by atoms with van der Waals surface area (Å²) in [5, 5.41) is 8.85. The number of hydrogen-bond donors (Lipinski definition) is 2. The van der Waals surface area contributed by atoms with Gasteiger partial charge in [-0.2, -0.15) is 5.10 Å². The molecule has 0 fully saturated rings. The Bertz CT molecular complexity index is 1430. The van der Waals surface area contributed by atoms with Crippen molar-refractivity contribution in [2.24, 2.45) is 0 Å². The molecule has 0 spiro atoms. The second-order valence-corrected chi connectivity index (χ2v) is 9.67. The second-order valence-electron chi connectivity index (χ2n) is 7.10. The van der Waals surface area contributed by atoms with E-state index in [4.69, 9.17) is 0 Å². The number of carbonyl (C=O) groups excluding carboxylic acids is 1. The highest BCUT2D eigenvalue weighted by Gasteiger charge is 2.16. The van der Waals surface area contributed by atoms with Gasteiger partial charge in [-0.05, 0) is 37.3 Å². The van der Waals surface area contributed by atoms with Crippen molar-refractivity contribution in [2.75, 3.05) is 10.0 Å². The lowest BCUT2D eigenvalue weighted by Crippen LogP contribution is -2.29. The number of nitrogens with one attached hydrogen (secondary N) is 2. The number of rotatable bonds is 7. The normalized spacial score (nSPS) is 11.2. The molecule has 4 rings (SSSR count). The molecule has 0 radical (unpaired) electrons. The summed E-state index contributed by atoms with van der Waals surface area (Å²) in [6, 6.07) is 16.3. The zero-order valence-electron chi connectivity index (χ0n) is 17.4. The van der Waals surface area contributed by atoms with Crippen molar-refractivity contribution in [3.63, 3.8) is 0 Å². The van der Waals surface area contributed by atoms with Gasteiger partial charge in [-0.1, -0.05) is 29.8 Å². The molecule has 2 aromatic heterocycles. The fourth-order valence-electron chi connectivity index (χ4n) is 2.94. The van der Waals surface area contributed by atoms with E-state index in [0.29, 0.717) is 11.4 Å². The maximum atomic E-state index is 12.5. The van der Waals surface area contributed by atoms with Crippen molar-refractivity contribution in [1.29, 1.82) is 0 Å². The topological polar surface area (TPSA) is 123 Å². The molecular formula is C22H19N5O4S2. The van der Waals surface area contributed by atoms with Crippen molar-refractivity contribution in [3.8, 4) is 11.3 Å². The van der Waals surface area contributed by atoms with Crippen LogP contribution in [0.2, 0.25) is 0 Å². The summed E-state index contributed by atoms with van der Waals surface area (Å²) in [6.07, 6.45) is 1.50. The number of nitrogens with zero attached hydrogens (tertiary/aromatic N) is 3. The van der Waals surface area contributed by atoms with E-state index >= 15 is 0 Å². The summed E-state index contributed by atoms with van der Waals surface area (Å²) in [5.41, 5.74) is 2.48. The van der Waals surface area contributed by atoms with Gasteiger partial charge in [0.15, 0.2) is 5.13 Å². The molecule has 0 saturated carbocycles. The Morgan fingerprint density at radius 2 is 1.76 bits per heavy atom. The molecule has 2 heterocycles. The van der Waals surface area contributed by atoms with Gasteiger partial charge in [0, 0.05) is 28.9 Å². The number of sulfonamides is 1. The van der Waals surface area contributed by atoms with Crippen LogP contribution in [-0.2, 0) is 21.4 Å².